The maximum absolute atomic E-state index is 11.4. The third-order valence-electron chi connectivity index (χ3n) is 1.78. The molecule has 1 amide bonds. The van der Waals surface area contributed by atoms with E-state index in [-0.39, 0.29) is 5.91 Å². The number of pyridine rings is 1. The molecule has 4 nitrogen and oxygen atoms in total. The molecule has 0 aromatic carbocycles. The van der Waals surface area contributed by atoms with Gasteiger partial charge >= 0.3 is 0 Å². The van der Waals surface area contributed by atoms with E-state index in [1.165, 1.54) is 0 Å². The summed E-state index contributed by atoms with van der Waals surface area (Å²) in [4.78, 5) is 15.3. The number of nitrogens with zero attached hydrogens (tertiary/aromatic N) is 1. The van der Waals surface area contributed by atoms with Crippen molar-refractivity contribution in [2.24, 2.45) is 5.73 Å². The highest BCUT2D eigenvalue weighted by atomic mass is 35.5. The Labute approximate surface area is 87.5 Å². The van der Waals surface area contributed by atoms with Crippen LogP contribution in [0.15, 0.2) is 18.3 Å². The summed E-state index contributed by atoms with van der Waals surface area (Å²) in [6, 6.07) is 2.83. The molecule has 0 radical (unpaired) electrons. The molecule has 1 rings (SSSR count). The standard InChI is InChI=1S/C9H12ClN3O/c1-2-7(11)9(14)13-8-6(10)4-3-5-12-8/h3-5,7H,2,11H2,1H3,(H,12,13,14)/t7-/m0/s1. The Morgan fingerprint density at radius 3 is 3.07 bits per heavy atom. The van der Waals surface area contributed by atoms with Crippen molar-refractivity contribution < 1.29 is 4.79 Å². The van der Waals surface area contributed by atoms with Gasteiger partial charge in [-0.3, -0.25) is 4.79 Å². The van der Waals surface area contributed by atoms with E-state index in [2.05, 4.69) is 10.3 Å². The zero-order valence-corrected chi connectivity index (χ0v) is 8.58. The Morgan fingerprint density at radius 1 is 1.79 bits per heavy atom. The van der Waals surface area contributed by atoms with E-state index in [0.717, 1.165) is 0 Å². The number of aromatic nitrogens is 1. The number of halogens is 1. The first kappa shape index (κ1) is 10.9. The Hall–Kier alpha value is -1.13. The van der Waals surface area contributed by atoms with Crippen molar-refractivity contribution in [3.8, 4) is 0 Å². The lowest BCUT2D eigenvalue weighted by molar-refractivity contribution is -0.117. The normalized spacial score (nSPS) is 12.2. The van der Waals surface area contributed by atoms with Gasteiger partial charge in [-0.1, -0.05) is 18.5 Å². The molecule has 0 fully saturated rings. The van der Waals surface area contributed by atoms with Gasteiger partial charge in [0.2, 0.25) is 5.91 Å². The van der Waals surface area contributed by atoms with Crippen LogP contribution < -0.4 is 11.1 Å². The highest BCUT2D eigenvalue weighted by Crippen LogP contribution is 2.17. The Bertz CT molecular complexity index is 330. The second-order valence-electron chi connectivity index (χ2n) is 2.84. The number of nitrogens with one attached hydrogen (secondary N) is 1. The SMILES string of the molecule is CC[C@H](N)C(=O)Nc1ncccc1Cl. The Balaban J connectivity index is 2.70. The van der Waals surface area contributed by atoms with E-state index >= 15 is 0 Å². The summed E-state index contributed by atoms with van der Waals surface area (Å²) >= 11 is 5.80. The minimum Gasteiger partial charge on any atom is -0.320 e. The summed E-state index contributed by atoms with van der Waals surface area (Å²) in [5.74, 6) is 0.0798. The number of carbonyl (C=O) groups is 1. The van der Waals surface area contributed by atoms with Gasteiger partial charge in [0.1, 0.15) is 0 Å². The summed E-state index contributed by atoms with van der Waals surface area (Å²) < 4.78 is 0. The van der Waals surface area contributed by atoms with Gasteiger partial charge in [-0.25, -0.2) is 4.98 Å². The van der Waals surface area contributed by atoms with E-state index in [1.807, 2.05) is 6.92 Å². The van der Waals surface area contributed by atoms with Crippen molar-refractivity contribution in [2.45, 2.75) is 19.4 Å². The number of hydrogen-bond donors (Lipinski definition) is 2. The van der Waals surface area contributed by atoms with Crippen LogP contribution in [0.3, 0.4) is 0 Å². The second-order valence-corrected chi connectivity index (χ2v) is 3.25. The summed E-state index contributed by atoms with van der Waals surface area (Å²) in [5, 5.41) is 2.96. The van der Waals surface area contributed by atoms with Gasteiger partial charge < -0.3 is 11.1 Å². The first-order valence-electron chi connectivity index (χ1n) is 4.32. The van der Waals surface area contributed by atoms with Crippen molar-refractivity contribution in [2.75, 3.05) is 5.32 Å². The molecule has 0 saturated carbocycles. The number of rotatable bonds is 3. The van der Waals surface area contributed by atoms with Crippen LogP contribution in [-0.2, 0) is 4.79 Å². The van der Waals surface area contributed by atoms with Crippen LogP contribution in [0.2, 0.25) is 5.02 Å². The highest BCUT2D eigenvalue weighted by molar-refractivity contribution is 6.33. The summed E-state index contributed by atoms with van der Waals surface area (Å²) in [7, 11) is 0. The predicted octanol–water partition coefficient (Wildman–Crippen LogP) is 1.41. The molecule has 0 spiro atoms. The van der Waals surface area contributed by atoms with Crippen LogP contribution in [0.1, 0.15) is 13.3 Å². The molecule has 1 atom stereocenters. The third kappa shape index (κ3) is 2.68. The zero-order valence-electron chi connectivity index (χ0n) is 7.83. The molecule has 0 aliphatic carbocycles. The molecule has 3 N–H and O–H groups in total. The van der Waals surface area contributed by atoms with E-state index in [0.29, 0.717) is 17.3 Å². The van der Waals surface area contributed by atoms with Crippen LogP contribution in [0.5, 0.6) is 0 Å². The van der Waals surface area contributed by atoms with E-state index < -0.39 is 6.04 Å². The summed E-state index contributed by atoms with van der Waals surface area (Å²) in [6.07, 6.45) is 2.13. The topological polar surface area (TPSA) is 68.0 Å². The molecule has 76 valence electrons. The van der Waals surface area contributed by atoms with Gasteiger partial charge in [0.05, 0.1) is 11.1 Å². The highest BCUT2D eigenvalue weighted by Gasteiger charge is 2.12. The molecule has 0 unspecified atom stereocenters. The minimum absolute atomic E-state index is 0.270. The summed E-state index contributed by atoms with van der Waals surface area (Å²) in [6.45, 7) is 1.84. The zero-order chi connectivity index (χ0) is 10.6. The molecule has 0 saturated heterocycles. The smallest absolute Gasteiger partial charge is 0.242 e. The predicted molar refractivity (Wildman–Crippen MR) is 56.1 cm³/mol. The fourth-order valence-electron chi connectivity index (χ4n) is 0.872. The van der Waals surface area contributed by atoms with Gasteiger partial charge in [0.25, 0.3) is 0 Å². The fourth-order valence-corrected chi connectivity index (χ4v) is 1.04. The number of nitrogens with two attached hydrogens (primary N) is 1. The average Bonchev–Trinajstić information content (AvgIpc) is 2.20. The number of hydrogen-bond acceptors (Lipinski definition) is 3. The lowest BCUT2D eigenvalue weighted by Crippen LogP contribution is -2.35. The van der Waals surface area contributed by atoms with Gasteiger partial charge in [-0.15, -0.1) is 0 Å². The molecular weight excluding hydrogens is 202 g/mol. The molecule has 0 aliphatic rings. The molecule has 1 heterocycles. The maximum atomic E-state index is 11.4. The van der Waals surface area contributed by atoms with Crippen LogP contribution in [0, 0.1) is 0 Å². The summed E-state index contributed by atoms with van der Waals surface area (Å²) in [5.41, 5.74) is 5.53. The molecule has 1 aromatic heterocycles. The minimum atomic E-state index is -0.520. The monoisotopic (exact) mass is 213 g/mol. The lowest BCUT2D eigenvalue weighted by Gasteiger charge is -2.09. The van der Waals surface area contributed by atoms with Crippen molar-refractivity contribution in [3.05, 3.63) is 23.4 Å². The van der Waals surface area contributed by atoms with Crippen molar-refractivity contribution in [1.82, 2.24) is 4.98 Å². The largest absolute Gasteiger partial charge is 0.320 e. The second kappa shape index (κ2) is 4.93. The third-order valence-corrected chi connectivity index (χ3v) is 2.08. The Kier molecular flexibility index (Phi) is 3.85. The molecule has 5 heteroatoms. The van der Waals surface area contributed by atoms with Gasteiger partial charge in [0, 0.05) is 6.20 Å². The Morgan fingerprint density at radius 2 is 2.50 bits per heavy atom. The molecule has 14 heavy (non-hydrogen) atoms. The average molecular weight is 214 g/mol. The van der Waals surface area contributed by atoms with E-state index in [1.54, 1.807) is 18.3 Å². The molecule has 0 aliphatic heterocycles. The lowest BCUT2D eigenvalue weighted by atomic mass is 10.2. The van der Waals surface area contributed by atoms with Crippen molar-refractivity contribution in [3.63, 3.8) is 0 Å². The van der Waals surface area contributed by atoms with E-state index in [9.17, 15) is 4.79 Å². The quantitative estimate of drug-likeness (QED) is 0.798. The van der Waals surface area contributed by atoms with E-state index in [4.69, 9.17) is 17.3 Å². The van der Waals surface area contributed by atoms with Crippen LogP contribution in [0.4, 0.5) is 5.82 Å². The number of carbonyl (C=O) groups excluding carboxylic acids is 1. The van der Waals surface area contributed by atoms with Crippen LogP contribution in [0.25, 0.3) is 0 Å². The number of anilines is 1. The van der Waals surface area contributed by atoms with Crippen LogP contribution in [-0.4, -0.2) is 16.9 Å². The molecular formula is C9H12ClN3O. The van der Waals surface area contributed by atoms with Gasteiger partial charge in [-0.05, 0) is 18.6 Å². The first-order valence-corrected chi connectivity index (χ1v) is 4.70. The van der Waals surface area contributed by atoms with Crippen molar-refractivity contribution in [1.29, 1.82) is 0 Å². The van der Waals surface area contributed by atoms with Crippen LogP contribution >= 0.6 is 11.6 Å². The maximum Gasteiger partial charge on any atom is 0.242 e. The molecule has 0 bridgehead atoms. The molecule has 1 aromatic rings. The van der Waals surface area contributed by atoms with Gasteiger partial charge in [-0.2, -0.15) is 0 Å². The number of amides is 1. The fraction of sp³-hybridized carbons (Fsp3) is 0.333. The van der Waals surface area contributed by atoms with Gasteiger partial charge in [0.15, 0.2) is 5.82 Å². The first-order chi connectivity index (χ1) is 6.65. The van der Waals surface area contributed by atoms with Crippen molar-refractivity contribution >= 4 is 23.3 Å².